The van der Waals surface area contributed by atoms with E-state index in [1.165, 1.54) is 6.07 Å². The summed E-state index contributed by atoms with van der Waals surface area (Å²) in [6, 6.07) is 3.61. The molecule has 0 aliphatic heterocycles. The zero-order valence-electron chi connectivity index (χ0n) is 10.7. The van der Waals surface area contributed by atoms with Crippen LogP contribution in [-0.2, 0) is 6.42 Å². The number of halogens is 4. The number of nitrogens with zero attached hydrogens (tertiary/aromatic N) is 1. The maximum atomic E-state index is 13.2. The van der Waals surface area contributed by atoms with E-state index < -0.39 is 30.1 Å². The van der Waals surface area contributed by atoms with Gasteiger partial charge in [-0.1, -0.05) is 0 Å². The Morgan fingerprint density at radius 2 is 1.95 bits per heavy atom. The highest BCUT2D eigenvalue weighted by molar-refractivity contribution is 6.09. The molecule has 1 aliphatic carbocycles. The first-order chi connectivity index (χ1) is 9.77. The third-order valence-corrected chi connectivity index (χ3v) is 3.68. The minimum absolute atomic E-state index is 0.000115. The van der Waals surface area contributed by atoms with Crippen molar-refractivity contribution >= 4 is 22.4 Å². The van der Waals surface area contributed by atoms with Crippen LogP contribution in [0, 0.1) is 11.7 Å². The lowest BCUT2D eigenvalue weighted by molar-refractivity contribution is -0.174. The predicted octanol–water partition coefficient (Wildman–Crippen LogP) is 3.26. The Balaban J connectivity index is 2.21. The van der Waals surface area contributed by atoms with Gasteiger partial charge in [-0.2, -0.15) is 13.2 Å². The van der Waals surface area contributed by atoms with E-state index >= 15 is 0 Å². The van der Waals surface area contributed by atoms with Gasteiger partial charge in [-0.05, 0) is 18.2 Å². The monoisotopic (exact) mass is 298 g/mol. The number of fused-ring (bicyclic) bond motifs is 2. The fourth-order valence-corrected chi connectivity index (χ4v) is 2.63. The van der Waals surface area contributed by atoms with E-state index in [0.717, 1.165) is 12.1 Å². The number of rotatable bonds is 0. The number of carbonyl (C=O) groups is 1. The van der Waals surface area contributed by atoms with Gasteiger partial charge in [0.2, 0.25) is 0 Å². The van der Waals surface area contributed by atoms with Crippen LogP contribution in [0.5, 0.6) is 0 Å². The first-order valence-electron chi connectivity index (χ1n) is 6.25. The number of nitrogens with two attached hydrogens (primary N) is 1. The van der Waals surface area contributed by atoms with Gasteiger partial charge in [0.15, 0.2) is 5.78 Å². The van der Waals surface area contributed by atoms with Crippen LogP contribution in [0.3, 0.4) is 0 Å². The first kappa shape index (κ1) is 13.8. The molecule has 1 aromatic carbocycles. The topological polar surface area (TPSA) is 56.0 Å². The SMILES string of the molecule is Nc1c2c(nc3ccc(F)cc13)CC(C(F)(F)F)CC2=O. The van der Waals surface area contributed by atoms with E-state index in [1.807, 2.05) is 0 Å². The van der Waals surface area contributed by atoms with E-state index in [1.54, 1.807) is 0 Å². The molecule has 0 bridgehead atoms. The van der Waals surface area contributed by atoms with Gasteiger partial charge >= 0.3 is 6.18 Å². The Morgan fingerprint density at radius 1 is 1.24 bits per heavy atom. The number of carbonyl (C=O) groups excluding carboxylic acids is 1. The van der Waals surface area contributed by atoms with Gasteiger partial charge in [-0.3, -0.25) is 9.78 Å². The number of ketones is 1. The van der Waals surface area contributed by atoms with Crippen LogP contribution in [0.4, 0.5) is 23.2 Å². The number of hydrogen-bond donors (Lipinski definition) is 1. The lowest BCUT2D eigenvalue weighted by Gasteiger charge is -2.26. The maximum Gasteiger partial charge on any atom is 0.392 e. The summed E-state index contributed by atoms with van der Waals surface area (Å²) in [5.74, 6) is -3.00. The molecule has 0 spiro atoms. The van der Waals surface area contributed by atoms with Crippen molar-refractivity contribution in [1.82, 2.24) is 4.98 Å². The highest BCUT2D eigenvalue weighted by Crippen LogP contribution is 2.39. The molecule has 21 heavy (non-hydrogen) atoms. The number of aromatic nitrogens is 1. The van der Waals surface area contributed by atoms with Gasteiger partial charge in [-0.25, -0.2) is 4.39 Å². The Labute approximate surface area is 116 Å². The number of pyridine rings is 1. The van der Waals surface area contributed by atoms with Crippen molar-refractivity contribution in [2.75, 3.05) is 5.73 Å². The highest BCUT2D eigenvalue weighted by atomic mass is 19.4. The summed E-state index contributed by atoms with van der Waals surface area (Å²) in [5, 5.41) is 0.243. The highest BCUT2D eigenvalue weighted by Gasteiger charge is 2.44. The second-order valence-electron chi connectivity index (χ2n) is 5.08. The zero-order chi connectivity index (χ0) is 15.4. The molecule has 0 amide bonds. The molecule has 110 valence electrons. The molecule has 0 radical (unpaired) electrons. The maximum absolute atomic E-state index is 13.2. The number of alkyl halides is 3. The van der Waals surface area contributed by atoms with Crippen LogP contribution < -0.4 is 5.73 Å². The quantitative estimate of drug-likeness (QED) is 0.759. The summed E-state index contributed by atoms with van der Waals surface area (Å²) >= 11 is 0. The van der Waals surface area contributed by atoms with Crippen molar-refractivity contribution in [2.45, 2.75) is 19.0 Å². The summed E-state index contributed by atoms with van der Waals surface area (Å²) in [6.45, 7) is 0. The fourth-order valence-electron chi connectivity index (χ4n) is 2.63. The minimum Gasteiger partial charge on any atom is -0.398 e. The van der Waals surface area contributed by atoms with Crippen LogP contribution in [0.25, 0.3) is 10.9 Å². The molecule has 1 heterocycles. The molecule has 0 fully saturated rings. The second-order valence-corrected chi connectivity index (χ2v) is 5.08. The number of anilines is 1. The van der Waals surface area contributed by atoms with Crippen molar-refractivity contribution in [3.8, 4) is 0 Å². The van der Waals surface area contributed by atoms with Crippen molar-refractivity contribution < 1.29 is 22.4 Å². The van der Waals surface area contributed by atoms with Crippen molar-refractivity contribution in [1.29, 1.82) is 0 Å². The molecular weight excluding hydrogens is 288 g/mol. The molecule has 1 atom stereocenters. The normalized spacial score (nSPS) is 18.9. The van der Waals surface area contributed by atoms with Crippen LogP contribution in [0.2, 0.25) is 0 Å². The van der Waals surface area contributed by atoms with E-state index in [4.69, 9.17) is 5.73 Å². The number of benzene rings is 1. The van der Waals surface area contributed by atoms with Gasteiger partial charge in [-0.15, -0.1) is 0 Å². The van der Waals surface area contributed by atoms with E-state index in [2.05, 4.69) is 4.98 Å². The van der Waals surface area contributed by atoms with Gasteiger partial charge in [0.05, 0.1) is 28.4 Å². The summed E-state index contributed by atoms with van der Waals surface area (Å²) < 4.78 is 51.7. The van der Waals surface area contributed by atoms with E-state index in [9.17, 15) is 22.4 Å². The standard InChI is InChI=1S/C14H10F4N2O/c15-7-1-2-9-8(5-7)13(19)12-10(20-9)3-6(4-11(12)21)14(16,17)18/h1-2,5-6H,3-4H2,(H2,19,20). The summed E-state index contributed by atoms with van der Waals surface area (Å²) in [6.07, 6.45) is -5.49. The number of Topliss-reactive ketones (excluding diaryl/α,β-unsaturated/α-hetero) is 1. The smallest absolute Gasteiger partial charge is 0.392 e. The predicted molar refractivity (Wildman–Crippen MR) is 68.3 cm³/mol. The van der Waals surface area contributed by atoms with Crippen molar-refractivity contribution in [3.63, 3.8) is 0 Å². The Bertz CT molecular complexity index is 755. The van der Waals surface area contributed by atoms with Crippen LogP contribution in [0.15, 0.2) is 18.2 Å². The largest absolute Gasteiger partial charge is 0.398 e. The molecule has 1 unspecified atom stereocenters. The average molecular weight is 298 g/mol. The first-order valence-corrected chi connectivity index (χ1v) is 6.25. The third kappa shape index (κ3) is 2.22. The number of hydrogen-bond acceptors (Lipinski definition) is 3. The van der Waals surface area contributed by atoms with Gasteiger partial charge < -0.3 is 5.73 Å². The van der Waals surface area contributed by atoms with Gasteiger partial charge in [0.25, 0.3) is 0 Å². The van der Waals surface area contributed by atoms with Crippen molar-refractivity contribution in [3.05, 3.63) is 35.3 Å². The van der Waals surface area contributed by atoms with Crippen LogP contribution in [-0.4, -0.2) is 16.9 Å². The van der Waals surface area contributed by atoms with E-state index in [0.29, 0.717) is 0 Å². The Morgan fingerprint density at radius 3 is 2.62 bits per heavy atom. The molecule has 0 saturated heterocycles. The summed E-state index contributed by atoms with van der Waals surface area (Å²) in [7, 11) is 0. The van der Waals surface area contributed by atoms with Gasteiger partial charge in [0, 0.05) is 18.2 Å². The van der Waals surface area contributed by atoms with Crippen LogP contribution >= 0.6 is 0 Å². The number of nitrogen functional groups attached to an aromatic ring is 1. The van der Waals surface area contributed by atoms with Crippen molar-refractivity contribution in [2.24, 2.45) is 5.92 Å². The fraction of sp³-hybridized carbons (Fsp3) is 0.286. The lowest BCUT2D eigenvalue weighted by atomic mass is 9.84. The Hall–Kier alpha value is -2.18. The molecule has 7 heteroatoms. The van der Waals surface area contributed by atoms with E-state index in [-0.39, 0.29) is 34.3 Å². The van der Waals surface area contributed by atoms with Gasteiger partial charge in [0.1, 0.15) is 5.82 Å². The molecular formula is C14H10F4N2O. The Kier molecular flexibility index (Phi) is 2.89. The zero-order valence-corrected chi connectivity index (χ0v) is 10.7. The molecule has 3 rings (SSSR count). The molecule has 1 aromatic heterocycles. The average Bonchev–Trinajstić information content (AvgIpc) is 2.38. The second kappa shape index (κ2) is 4.41. The third-order valence-electron chi connectivity index (χ3n) is 3.68. The summed E-state index contributed by atoms with van der Waals surface area (Å²) in [4.78, 5) is 16.0. The minimum atomic E-state index is -4.46. The lowest BCUT2D eigenvalue weighted by Crippen LogP contribution is -2.33. The van der Waals surface area contributed by atoms with Crippen LogP contribution in [0.1, 0.15) is 22.5 Å². The summed E-state index contributed by atoms with van der Waals surface area (Å²) in [5.41, 5.74) is 6.15. The molecule has 3 nitrogen and oxygen atoms in total. The molecule has 1 aliphatic rings. The molecule has 2 N–H and O–H groups in total. The molecule has 2 aromatic rings. The molecule has 0 saturated carbocycles.